The number of carbonyl (C=O) groups is 3. The van der Waals surface area contributed by atoms with E-state index in [9.17, 15) is 18.8 Å². The number of hydrogen-bond donors (Lipinski definition) is 1. The van der Waals surface area contributed by atoms with E-state index in [1.54, 1.807) is 37.3 Å². The Bertz CT molecular complexity index is 956. The first-order valence-corrected chi connectivity index (χ1v) is 8.94. The average Bonchev–Trinajstić information content (AvgIpc) is 2.96. The molecule has 0 saturated carbocycles. The number of rotatable bonds is 7. The van der Waals surface area contributed by atoms with E-state index in [1.165, 1.54) is 24.3 Å². The minimum atomic E-state index is -0.612. The van der Waals surface area contributed by atoms with E-state index < -0.39 is 23.7 Å². The van der Waals surface area contributed by atoms with Crippen LogP contribution in [0.3, 0.4) is 0 Å². The number of nitrogens with one attached hydrogen (secondary N) is 1. The first-order valence-electron chi connectivity index (χ1n) is 8.94. The predicted molar refractivity (Wildman–Crippen MR) is 102 cm³/mol. The van der Waals surface area contributed by atoms with Crippen LogP contribution in [0.15, 0.2) is 54.2 Å². The van der Waals surface area contributed by atoms with Crippen LogP contribution in [0.25, 0.3) is 6.08 Å². The number of nitrogens with zero attached hydrogens (tertiary/aromatic N) is 1. The van der Waals surface area contributed by atoms with Crippen molar-refractivity contribution in [3.8, 4) is 5.75 Å². The number of benzene rings is 2. The molecule has 7 nitrogen and oxygen atoms in total. The van der Waals surface area contributed by atoms with Gasteiger partial charge in [0, 0.05) is 5.56 Å². The molecule has 2 aromatic carbocycles. The summed E-state index contributed by atoms with van der Waals surface area (Å²) in [5.41, 5.74) is 0.983. The second-order valence-corrected chi connectivity index (χ2v) is 6.13. The molecular weight excluding hydrogens is 379 g/mol. The Balaban J connectivity index is 1.66. The van der Waals surface area contributed by atoms with Gasteiger partial charge in [-0.15, -0.1) is 0 Å². The van der Waals surface area contributed by atoms with Crippen LogP contribution in [0.2, 0.25) is 0 Å². The summed E-state index contributed by atoms with van der Waals surface area (Å²) in [6.45, 7) is 1.63. The van der Waals surface area contributed by atoms with Gasteiger partial charge in [0.25, 0.3) is 5.91 Å². The van der Waals surface area contributed by atoms with Crippen LogP contribution in [-0.4, -0.2) is 36.0 Å². The van der Waals surface area contributed by atoms with Crippen LogP contribution in [0.5, 0.6) is 5.75 Å². The highest BCUT2D eigenvalue weighted by Gasteiger charge is 2.33. The standard InChI is InChI=1S/C21H19FN2O5/c1-2-28-19(25)13-29-16-9-7-14(8-10-16)11-18-20(26)24(21(27)23-18)12-15-5-3-4-6-17(15)22/h3-11H,2,12-13H2,1H3,(H,23,27). The monoisotopic (exact) mass is 398 g/mol. The average molecular weight is 398 g/mol. The van der Waals surface area contributed by atoms with Crippen molar-refractivity contribution in [3.63, 3.8) is 0 Å². The fraction of sp³-hybridized carbons (Fsp3) is 0.190. The molecule has 8 heteroatoms. The molecule has 1 fully saturated rings. The smallest absolute Gasteiger partial charge is 0.344 e. The lowest BCUT2D eigenvalue weighted by Gasteiger charge is -2.12. The van der Waals surface area contributed by atoms with Crippen molar-refractivity contribution in [2.75, 3.05) is 13.2 Å². The Morgan fingerprint density at radius 2 is 1.86 bits per heavy atom. The maximum atomic E-state index is 13.8. The van der Waals surface area contributed by atoms with Gasteiger partial charge in [-0.2, -0.15) is 0 Å². The Hall–Kier alpha value is -3.68. The number of carbonyl (C=O) groups excluding carboxylic acids is 3. The molecule has 1 N–H and O–H groups in total. The molecule has 1 aliphatic rings. The fourth-order valence-electron chi connectivity index (χ4n) is 2.68. The molecule has 3 rings (SSSR count). The lowest BCUT2D eigenvalue weighted by Crippen LogP contribution is -2.30. The van der Waals surface area contributed by atoms with Crippen LogP contribution in [-0.2, 0) is 20.9 Å². The number of amides is 3. The molecule has 0 atom stereocenters. The maximum Gasteiger partial charge on any atom is 0.344 e. The normalized spacial score (nSPS) is 14.8. The zero-order valence-electron chi connectivity index (χ0n) is 15.7. The van der Waals surface area contributed by atoms with Gasteiger partial charge in [-0.3, -0.25) is 9.69 Å². The third-order valence-electron chi connectivity index (χ3n) is 4.10. The largest absolute Gasteiger partial charge is 0.482 e. The summed E-state index contributed by atoms with van der Waals surface area (Å²) in [4.78, 5) is 36.9. The minimum Gasteiger partial charge on any atom is -0.482 e. The second kappa shape index (κ2) is 9.01. The van der Waals surface area contributed by atoms with Crippen LogP contribution in [0.1, 0.15) is 18.1 Å². The molecule has 3 amide bonds. The van der Waals surface area contributed by atoms with E-state index >= 15 is 0 Å². The molecule has 0 radical (unpaired) electrons. The van der Waals surface area contributed by atoms with E-state index in [0.29, 0.717) is 11.3 Å². The van der Waals surface area contributed by atoms with Gasteiger partial charge < -0.3 is 14.8 Å². The van der Waals surface area contributed by atoms with Gasteiger partial charge in [-0.1, -0.05) is 30.3 Å². The van der Waals surface area contributed by atoms with Gasteiger partial charge in [-0.25, -0.2) is 14.0 Å². The summed E-state index contributed by atoms with van der Waals surface area (Å²) in [7, 11) is 0. The van der Waals surface area contributed by atoms with Crippen molar-refractivity contribution in [3.05, 3.63) is 71.2 Å². The third-order valence-corrected chi connectivity index (χ3v) is 4.10. The van der Waals surface area contributed by atoms with Gasteiger partial charge in [0.1, 0.15) is 17.3 Å². The number of halogens is 1. The molecule has 0 unspecified atom stereocenters. The molecule has 0 spiro atoms. The molecule has 150 valence electrons. The number of urea groups is 1. The van der Waals surface area contributed by atoms with Gasteiger partial charge in [0.2, 0.25) is 0 Å². The van der Waals surface area contributed by atoms with Gasteiger partial charge in [-0.05, 0) is 36.8 Å². The molecule has 1 saturated heterocycles. The van der Waals surface area contributed by atoms with E-state index in [1.807, 2.05) is 0 Å². The number of esters is 1. The fourth-order valence-corrected chi connectivity index (χ4v) is 2.68. The summed E-state index contributed by atoms with van der Waals surface area (Å²) in [5, 5.41) is 2.49. The summed E-state index contributed by atoms with van der Waals surface area (Å²) in [6.07, 6.45) is 1.51. The van der Waals surface area contributed by atoms with Crippen molar-refractivity contribution in [1.82, 2.24) is 10.2 Å². The quantitative estimate of drug-likeness (QED) is 0.440. The molecule has 0 aliphatic carbocycles. The molecule has 2 aromatic rings. The second-order valence-electron chi connectivity index (χ2n) is 6.13. The van der Waals surface area contributed by atoms with Crippen molar-refractivity contribution in [2.24, 2.45) is 0 Å². The van der Waals surface area contributed by atoms with Gasteiger partial charge >= 0.3 is 12.0 Å². The Kier molecular flexibility index (Phi) is 6.23. The number of hydrogen-bond acceptors (Lipinski definition) is 5. The minimum absolute atomic E-state index is 0.0894. The Morgan fingerprint density at radius 1 is 1.14 bits per heavy atom. The van der Waals surface area contributed by atoms with Gasteiger partial charge in [0.15, 0.2) is 6.61 Å². The van der Waals surface area contributed by atoms with Crippen LogP contribution in [0, 0.1) is 5.82 Å². The molecule has 1 heterocycles. The highest BCUT2D eigenvalue weighted by Crippen LogP contribution is 2.19. The van der Waals surface area contributed by atoms with Crippen LogP contribution in [0.4, 0.5) is 9.18 Å². The SMILES string of the molecule is CCOC(=O)COc1ccc(C=C2NC(=O)N(Cc3ccccc3F)C2=O)cc1. The lowest BCUT2D eigenvalue weighted by molar-refractivity contribution is -0.145. The highest BCUT2D eigenvalue weighted by atomic mass is 19.1. The first kappa shape index (κ1) is 20.1. The van der Waals surface area contributed by atoms with Crippen LogP contribution < -0.4 is 10.1 Å². The zero-order valence-corrected chi connectivity index (χ0v) is 15.7. The maximum absolute atomic E-state index is 13.8. The van der Waals surface area contributed by atoms with E-state index in [0.717, 1.165) is 4.90 Å². The molecule has 29 heavy (non-hydrogen) atoms. The predicted octanol–water partition coefficient (Wildman–Crippen LogP) is 2.86. The zero-order chi connectivity index (χ0) is 20.8. The molecule has 0 bridgehead atoms. The summed E-state index contributed by atoms with van der Waals surface area (Å²) in [5.74, 6) is -1.03. The van der Waals surface area contributed by atoms with E-state index in [2.05, 4.69) is 5.32 Å². The topological polar surface area (TPSA) is 84.9 Å². The van der Waals surface area contributed by atoms with Gasteiger partial charge in [0.05, 0.1) is 13.2 Å². The summed E-state index contributed by atoms with van der Waals surface area (Å²) < 4.78 is 23.9. The summed E-state index contributed by atoms with van der Waals surface area (Å²) in [6, 6.07) is 12.0. The highest BCUT2D eigenvalue weighted by molar-refractivity contribution is 6.13. The van der Waals surface area contributed by atoms with Crippen LogP contribution >= 0.6 is 0 Å². The van der Waals surface area contributed by atoms with Crippen molar-refractivity contribution >= 4 is 24.0 Å². The number of ether oxygens (including phenoxy) is 2. The van der Waals surface area contributed by atoms with Crippen molar-refractivity contribution in [2.45, 2.75) is 13.5 Å². The number of imide groups is 1. The van der Waals surface area contributed by atoms with Crippen molar-refractivity contribution in [1.29, 1.82) is 0 Å². The third kappa shape index (κ3) is 4.98. The van der Waals surface area contributed by atoms with E-state index in [-0.39, 0.29) is 31.0 Å². The molecule has 1 aliphatic heterocycles. The summed E-state index contributed by atoms with van der Waals surface area (Å²) >= 11 is 0. The Morgan fingerprint density at radius 3 is 2.55 bits per heavy atom. The van der Waals surface area contributed by atoms with E-state index in [4.69, 9.17) is 9.47 Å². The molecule has 0 aromatic heterocycles. The van der Waals surface area contributed by atoms with Crippen molar-refractivity contribution < 1.29 is 28.2 Å². The Labute approximate surface area is 166 Å². The lowest BCUT2D eigenvalue weighted by atomic mass is 10.1. The molecular formula is C21H19FN2O5. The first-order chi connectivity index (χ1) is 14.0.